The normalized spacial score (nSPS) is 15.7. The van der Waals surface area contributed by atoms with Crippen molar-refractivity contribution in [1.82, 2.24) is 0 Å². The van der Waals surface area contributed by atoms with Crippen molar-refractivity contribution in [2.24, 2.45) is 0 Å². The van der Waals surface area contributed by atoms with Crippen LogP contribution >= 0.6 is 0 Å². The van der Waals surface area contributed by atoms with Gasteiger partial charge in [-0.25, -0.2) is 0 Å². The second-order valence-electron chi connectivity index (χ2n) is 3.10. The minimum atomic E-state index is -0.227. The van der Waals surface area contributed by atoms with Gasteiger partial charge in [0.2, 0.25) is 0 Å². The van der Waals surface area contributed by atoms with Gasteiger partial charge in [-0.1, -0.05) is 6.92 Å². The number of hydrogen-bond acceptors (Lipinski definition) is 1. The van der Waals surface area contributed by atoms with Crippen LogP contribution < -0.4 is 0 Å². The molecular weight excluding hydrogens is 112 g/mol. The average Bonchev–Trinajstić information content (AvgIpc) is 1.62. The Morgan fingerprint density at radius 3 is 2.11 bits per heavy atom. The van der Waals surface area contributed by atoms with E-state index in [0.29, 0.717) is 6.10 Å². The van der Waals surface area contributed by atoms with Crippen LogP contribution in [0, 0.1) is 6.92 Å². The van der Waals surface area contributed by atoms with Crippen molar-refractivity contribution in [2.75, 3.05) is 0 Å². The Morgan fingerprint density at radius 2 is 2.00 bits per heavy atom. The summed E-state index contributed by atoms with van der Waals surface area (Å²) in [5.41, 5.74) is -0.227. The Kier molecular flexibility index (Phi) is 3.20. The highest BCUT2D eigenvalue weighted by Gasteiger charge is 2.13. The molecule has 0 aliphatic rings. The van der Waals surface area contributed by atoms with Crippen LogP contribution in [0.2, 0.25) is 0 Å². The van der Waals surface area contributed by atoms with Crippen molar-refractivity contribution in [3.05, 3.63) is 6.92 Å². The Balaban J connectivity index is 3.47. The van der Waals surface area contributed by atoms with Crippen molar-refractivity contribution in [3.63, 3.8) is 0 Å². The van der Waals surface area contributed by atoms with Gasteiger partial charge < -0.3 is 4.74 Å². The van der Waals surface area contributed by atoms with Crippen LogP contribution in [-0.4, -0.2) is 11.7 Å². The summed E-state index contributed by atoms with van der Waals surface area (Å²) >= 11 is 0. The first-order valence-electron chi connectivity index (χ1n) is 3.49. The van der Waals surface area contributed by atoms with Gasteiger partial charge in [-0.15, -0.1) is 0 Å². The maximum absolute atomic E-state index is 5.48. The first-order chi connectivity index (χ1) is 3.95. The third kappa shape index (κ3) is 5.84. The van der Waals surface area contributed by atoms with Gasteiger partial charge in [0.25, 0.3) is 0 Å². The Hall–Kier alpha value is -0.0400. The summed E-state index contributed by atoms with van der Waals surface area (Å²) in [5, 5.41) is 0. The maximum Gasteiger partial charge on any atom is 0.0631 e. The fourth-order valence-electron chi connectivity index (χ4n) is 0.628. The molecule has 1 heteroatoms. The van der Waals surface area contributed by atoms with E-state index in [2.05, 4.69) is 20.8 Å². The maximum atomic E-state index is 5.48. The molecule has 0 aromatic carbocycles. The molecule has 0 saturated heterocycles. The predicted molar refractivity (Wildman–Crippen MR) is 40.3 cm³/mol. The lowest BCUT2D eigenvalue weighted by atomic mass is 10.2. The SMILES string of the molecule is [CH2]C(C)(C)OC(C)CC. The molecule has 0 aliphatic carbocycles. The van der Waals surface area contributed by atoms with Gasteiger partial charge in [-0.05, 0) is 34.1 Å². The molecule has 1 unspecified atom stereocenters. The van der Waals surface area contributed by atoms with E-state index in [-0.39, 0.29) is 5.60 Å². The smallest absolute Gasteiger partial charge is 0.0631 e. The van der Waals surface area contributed by atoms with Crippen molar-refractivity contribution in [3.8, 4) is 0 Å². The van der Waals surface area contributed by atoms with Gasteiger partial charge >= 0.3 is 0 Å². The molecule has 0 rings (SSSR count). The third-order valence-corrected chi connectivity index (χ3v) is 1.10. The Bertz CT molecular complexity index is 71.1. The lowest BCUT2D eigenvalue weighted by Gasteiger charge is -2.23. The minimum Gasteiger partial charge on any atom is -0.373 e. The quantitative estimate of drug-likeness (QED) is 0.568. The van der Waals surface area contributed by atoms with E-state index >= 15 is 0 Å². The minimum absolute atomic E-state index is 0.227. The van der Waals surface area contributed by atoms with Crippen molar-refractivity contribution >= 4 is 0 Å². The molecule has 0 bridgehead atoms. The number of hydrogen-bond donors (Lipinski definition) is 0. The van der Waals surface area contributed by atoms with Gasteiger partial charge in [0, 0.05) is 0 Å². The Morgan fingerprint density at radius 1 is 1.56 bits per heavy atom. The average molecular weight is 129 g/mol. The van der Waals surface area contributed by atoms with E-state index < -0.39 is 0 Å². The first-order valence-corrected chi connectivity index (χ1v) is 3.49. The van der Waals surface area contributed by atoms with Crippen molar-refractivity contribution in [1.29, 1.82) is 0 Å². The third-order valence-electron chi connectivity index (χ3n) is 1.10. The fraction of sp³-hybridized carbons (Fsp3) is 0.875. The predicted octanol–water partition coefficient (Wildman–Crippen LogP) is 2.41. The van der Waals surface area contributed by atoms with Gasteiger partial charge in [0.05, 0.1) is 11.7 Å². The molecule has 1 nitrogen and oxygen atoms in total. The molecule has 0 saturated carbocycles. The highest BCUT2D eigenvalue weighted by Crippen LogP contribution is 2.11. The highest BCUT2D eigenvalue weighted by atomic mass is 16.5. The standard InChI is InChI=1S/C8H17O/c1-6-7(2)9-8(3,4)5/h7H,3,6H2,1-2,4-5H3. The van der Waals surface area contributed by atoms with E-state index in [0.717, 1.165) is 6.42 Å². The summed E-state index contributed by atoms with van der Waals surface area (Å²) in [5.74, 6) is 0. The van der Waals surface area contributed by atoms with Crippen LogP contribution in [0.1, 0.15) is 34.1 Å². The molecule has 0 fully saturated rings. The highest BCUT2D eigenvalue weighted by molar-refractivity contribution is 4.71. The van der Waals surface area contributed by atoms with Gasteiger partial charge in [0.15, 0.2) is 0 Å². The molecule has 0 aromatic rings. The second-order valence-corrected chi connectivity index (χ2v) is 3.10. The van der Waals surface area contributed by atoms with Crippen LogP contribution in [0.5, 0.6) is 0 Å². The molecule has 1 radical (unpaired) electrons. The Labute approximate surface area is 58.4 Å². The van der Waals surface area contributed by atoms with E-state index in [1.807, 2.05) is 13.8 Å². The zero-order chi connectivity index (χ0) is 7.49. The van der Waals surface area contributed by atoms with E-state index in [1.54, 1.807) is 0 Å². The van der Waals surface area contributed by atoms with E-state index in [1.165, 1.54) is 0 Å². The largest absolute Gasteiger partial charge is 0.373 e. The molecule has 0 amide bonds. The van der Waals surface area contributed by atoms with E-state index in [9.17, 15) is 0 Å². The lowest BCUT2D eigenvalue weighted by Crippen LogP contribution is -2.25. The first kappa shape index (κ1) is 8.96. The van der Waals surface area contributed by atoms with Crippen LogP contribution in [0.3, 0.4) is 0 Å². The van der Waals surface area contributed by atoms with Gasteiger partial charge in [-0.3, -0.25) is 0 Å². The molecular formula is C8H17O. The molecule has 55 valence electrons. The molecule has 0 aliphatic heterocycles. The molecule has 9 heavy (non-hydrogen) atoms. The summed E-state index contributed by atoms with van der Waals surface area (Å²) in [7, 11) is 0. The molecule has 1 atom stereocenters. The lowest BCUT2D eigenvalue weighted by molar-refractivity contribution is -0.0351. The summed E-state index contributed by atoms with van der Waals surface area (Å²) < 4.78 is 5.48. The van der Waals surface area contributed by atoms with Crippen molar-refractivity contribution < 1.29 is 4.74 Å². The zero-order valence-electron chi connectivity index (χ0n) is 6.90. The fourth-order valence-corrected chi connectivity index (χ4v) is 0.628. The van der Waals surface area contributed by atoms with Crippen molar-refractivity contribution in [2.45, 2.75) is 45.8 Å². The number of rotatable bonds is 3. The molecule has 0 aromatic heterocycles. The zero-order valence-corrected chi connectivity index (χ0v) is 6.90. The monoisotopic (exact) mass is 129 g/mol. The summed E-state index contributed by atoms with van der Waals surface area (Å²) in [6.45, 7) is 11.9. The van der Waals surface area contributed by atoms with Crippen LogP contribution in [0.25, 0.3) is 0 Å². The van der Waals surface area contributed by atoms with Gasteiger partial charge in [-0.2, -0.15) is 0 Å². The summed E-state index contributed by atoms with van der Waals surface area (Å²) in [4.78, 5) is 0. The van der Waals surface area contributed by atoms with Crippen LogP contribution in [0.15, 0.2) is 0 Å². The van der Waals surface area contributed by atoms with Gasteiger partial charge in [0.1, 0.15) is 0 Å². The summed E-state index contributed by atoms with van der Waals surface area (Å²) in [6, 6.07) is 0. The topological polar surface area (TPSA) is 9.23 Å². The summed E-state index contributed by atoms with van der Waals surface area (Å²) in [6.07, 6.45) is 1.39. The van der Waals surface area contributed by atoms with Crippen LogP contribution in [-0.2, 0) is 4.74 Å². The molecule has 0 N–H and O–H groups in total. The molecule has 0 heterocycles. The van der Waals surface area contributed by atoms with E-state index in [4.69, 9.17) is 4.74 Å². The van der Waals surface area contributed by atoms with Crippen LogP contribution in [0.4, 0.5) is 0 Å². The number of ether oxygens (including phenoxy) is 1. The molecule has 0 spiro atoms. The second kappa shape index (κ2) is 3.21.